The number of nitrogens with zero attached hydrogens (tertiary/aromatic N) is 10. The second-order valence-corrected chi connectivity index (χ2v) is 18.4. The molecule has 0 unspecified atom stereocenters. The predicted molar refractivity (Wildman–Crippen MR) is 287 cm³/mol. The SMILES string of the molecule is c1cnc2c(c1)c1c(c3cccnc32)-c2cc3[nH]c(cc4nc(cc5[nH]c(cc-1n2)c1c2cccnc2c2ncccc2c51)-c1c-4c2cccnc2c2ncccc12)c1c2cccnc2c2ncccc2c31. The van der Waals surface area contributed by atoms with Gasteiger partial charge in [0.05, 0.1) is 66.9 Å². The molecule has 0 atom stereocenters. The largest absolute Gasteiger partial charge is 0.354 e. The van der Waals surface area contributed by atoms with Gasteiger partial charge in [0.2, 0.25) is 0 Å². The molecule has 0 aliphatic carbocycles. The molecule has 2 N–H and O–H groups in total. The van der Waals surface area contributed by atoms with Crippen molar-refractivity contribution in [2.45, 2.75) is 0 Å². The Kier molecular flexibility index (Phi) is 7.20. The van der Waals surface area contributed by atoms with E-state index in [0.29, 0.717) is 0 Å². The highest BCUT2D eigenvalue weighted by molar-refractivity contribution is 6.34. The minimum atomic E-state index is 0.782. The van der Waals surface area contributed by atoms with Crippen molar-refractivity contribution in [1.29, 1.82) is 0 Å². The molecule has 0 spiro atoms. The maximum absolute atomic E-state index is 5.70. The lowest BCUT2D eigenvalue weighted by Crippen LogP contribution is -1.90. The molecule has 4 aromatic carbocycles. The van der Waals surface area contributed by atoms with E-state index in [1.165, 1.54) is 0 Å². The number of aromatic nitrogens is 12. The van der Waals surface area contributed by atoms with Crippen molar-refractivity contribution in [3.63, 3.8) is 0 Å². The van der Waals surface area contributed by atoms with Crippen LogP contribution in [0.1, 0.15) is 0 Å². The Balaban J connectivity index is 1.17. The van der Waals surface area contributed by atoms with Crippen LogP contribution in [-0.2, 0) is 0 Å². The molecular weight excluding hydrogens is 889 g/mol. The topological polar surface area (TPSA) is 160 Å². The van der Waals surface area contributed by atoms with E-state index in [0.717, 1.165) is 176 Å². The molecule has 330 valence electrons. The zero-order chi connectivity index (χ0) is 46.8. The number of hydrogen-bond acceptors (Lipinski definition) is 10. The highest BCUT2D eigenvalue weighted by Crippen LogP contribution is 2.50. The summed E-state index contributed by atoms with van der Waals surface area (Å²) in [5.74, 6) is 0. The van der Waals surface area contributed by atoms with Gasteiger partial charge < -0.3 is 9.97 Å². The van der Waals surface area contributed by atoms with Gasteiger partial charge in [-0.15, -0.1) is 0 Å². The van der Waals surface area contributed by atoms with Gasteiger partial charge in [0, 0.05) is 159 Å². The second-order valence-electron chi connectivity index (χ2n) is 18.4. The van der Waals surface area contributed by atoms with Crippen molar-refractivity contribution in [1.82, 2.24) is 59.8 Å². The molecule has 0 saturated heterocycles. The summed E-state index contributed by atoms with van der Waals surface area (Å²) in [6.45, 7) is 0. The van der Waals surface area contributed by atoms with E-state index in [1.807, 2.05) is 98.1 Å². The zero-order valence-corrected chi connectivity index (χ0v) is 37.6. The molecule has 12 heteroatoms. The fourth-order valence-corrected chi connectivity index (χ4v) is 12.0. The Morgan fingerprint density at radius 1 is 0.236 bits per heavy atom. The summed E-state index contributed by atoms with van der Waals surface area (Å²) in [7, 11) is 0. The first-order valence-electron chi connectivity index (χ1n) is 23.7. The van der Waals surface area contributed by atoms with Crippen LogP contribution in [-0.4, -0.2) is 59.8 Å². The van der Waals surface area contributed by atoms with Gasteiger partial charge in [0.15, 0.2) is 0 Å². The normalized spacial score (nSPS) is 12.4. The van der Waals surface area contributed by atoms with Crippen LogP contribution in [0.2, 0.25) is 0 Å². The van der Waals surface area contributed by atoms with Crippen LogP contribution >= 0.6 is 0 Å². The molecular formula is C60H30N12. The van der Waals surface area contributed by atoms with Gasteiger partial charge in [-0.2, -0.15) is 0 Å². The zero-order valence-electron chi connectivity index (χ0n) is 37.6. The number of nitrogens with one attached hydrogen (secondary N) is 2. The first-order valence-corrected chi connectivity index (χ1v) is 23.7. The quantitative estimate of drug-likeness (QED) is 0.140. The number of pyridine rings is 8. The van der Waals surface area contributed by atoms with Gasteiger partial charge in [-0.25, -0.2) is 9.97 Å². The first kappa shape index (κ1) is 37.7. The average molecular weight is 919 g/mol. The van der Waals surface area contributed by atoms with Crippen LogP contribution < -0.4 is 0 Å². The number of aromatic amines is 2. The van der Waals surface area contributed by atoms with Crippen LogP contribution in [0.5, 0.6) is 0 Å². The Labute approximate surface area is 404 Å². The van der Waals surface area contributed by atoms with Gasteiger partial charge in [-0.05, 0) is 72.8 Å². The van der Waals surface area contributed by atoms with Gasteiger partial charge in [-0.1, -0.05) is 48.5 Å². The molecule has 17 rings (SSSR count). The van der Waals surface area contributed by atoms with Crippen molar-refractivity contribution in [2.75, 3.05) is 0 Å². The van der Waals surface area contributed by atoms with E-state index in [2.05, 4.69) is 82.8 Å². The third kappa shape index (κ3) is 4.88. The van der Waals surface area contributed by atoms with Gasteiger partial charge in [-0.3, -0.25) is 39.9 Å². The highest BCUT2D eigenvalue weighted by atomic mass is 14.8. The van der Waals surface area contributed by atoms with Crippen LogP contribution in [0.3, 0.4) is 0 Å². The molecule has 0 amide bonds. The van der Waals surface area contributed by atoms with E-state index in [1.54, 1.807) is 0 Å². The average Bonchev–Trinajstić information content (AvgIpc) is 4.20. The van der Waals surface area contributed by atoms with Gasteiger partial charge in [0.1, 0.15) is 0 Å². The summed E-state index contributed by atoms with van der Waals surface area (Å²) in [5.41, 5.74) is 17.0. The molecule has 12 nitrogen and oxygen atoms in total. The third-order valence-corrected chi connectivity index (χ3v) is 14.8. The van der Waals surface area contributed by atoms with Crippen LogP contribution in [0.25, 0.3) is 176 Å². The first-order chi connectivity index (χ1) is 35.7. The second kappa shape index (κ2) is 13.7. The Bertz CT molecular complexity index is 4560. The van der Waals surface area contributed by atoms with E-state index >= 15 is 0 Å². The molecule has 0 saturated carbocycles. The van der Waals surface area contributed by atoms with Crippen LogP contribution in [0, 0.1) is 0 Å². The Morgan fingerprint density at radius 2 is 0.431 bits per heavy atom. The van der Waals surface area contributed by atoms with E-state index in [4.69, 9.17) is 49.8 Å². The predicted octanol–water partition coefficient (Wildman–Crippen LogP) is 13.7. The molecule has 13 heterocycles. The number of H-pyrrole nitrogens is 2. The van der Waals surface area contributed by atoms with Crippen molar-refractivity contribution in [2.24, 2.45) is 0 Å². The summed E-state index contributed by atoms with van der Waals surface area (Å²) in [4.78, 5) is 59.1. The molecule has 2 aliphatic heterocycles. The van der Waals surface area contributed by atoms with Crippen molar-refractivity contribution in [3.8, 4) is 45.0 Å². The highest BCUT2D eigenvalue weighted by Gasteiger charge is 2.29. The maximum Gasteiger partial charge on any atom is 0.0971 e. The number of rotatable bonds is 0. The monoisotopic (exact) mass is 918 g/mol. The Morgan fingerprint density at radius 3 is 0.653 bits per heavy atom. The molecule has 2 aliphatic rings. The minimum absolute atomic E-state index is 0.782. The van der Waals surface area contributed by atoms with Crippen molar-refractivity contribution < 1.29 is 0 Å². The van der Waals surface area contributed by atoms with Crippen molar-refractivity contribution >= 4 is 131 Å². The molecule has 72 heavy (non-hydrogen) atoms. The van der Waals surface area contributed by atoms with Crippen LogP contribution in [0.4, 0.5) is 0 Å². The lowest BCUT2D eigenvalue weighted by molar-refractivity contribution is 1.38. The number of hydrogen-bond donors (Lipinski definition) is 2. The van der Waals surface area contributed by atoms with Gasteiger partial charge >= 0.3 is 0 Å². The minimum Gasteiger partial charge on any atom is -0.354 e. The molecule has 0 fully saturated rings. The number of fused-ring (bicyclic) bond motifs is 40. The van der Waals surface area contributed by atoms with E-state index in [-0.39, 0.29) is 0 Å². The van der Waals surface area contributed by atoms with Crippen molar-refractivity contribution in [3.05, 3.63) is 171 Å². The fraction of sp³-hybridized carbons (Fsp3) is 0. The molecule has 0 radical (unpaired) electrons. The fourth-order valence-electron chi connectivity index (χ4n) is 12.0. The van der Waals surface area contributed by atoms with E-state index in [9.17, 15) is 0 Å². The summed E-state index contributed by atoms with van der Waals surface area (Å²) in [5, 5.41) is 11.7. The van der Waals surface area contributed by atoms with Crippen LogP contribution in [0.15, 0.2) is 171 Å². The molecule has 11 aromatic heterocycles. The van der Waals surface area contributed by atoms with E-state index < -0.39 is 0 Å². The summed E-state index contributed by atoms with van der Waals surface area (Å²) in [6, 6.07) is 41.8. The third-order valence-electron chi connectivity index (χ3n) is 14.8. The summed E-state index contributed by atoms with van der Waals surface area (Å²) >= 11 is 0. The lowest BCUT2D eigenvalue weighted by atomic mass is 9.93. The standard InChI is InChI=1S/C60H30N12/c1-9-29-45-37-25-39-47-31-11-3-19-63-55(31)57-33(13-5-21-65-57)49(47)41(70-39)27-43-51-35-15-7-23-67-59(35)60-36(16-8-24-68-60)52(51)44(72-43)28-42-50-34-14-6-22-66-58(34)56-32(12-4-20-64-56)48(50)40(71-42)26-38(69-37)46(45)30-10-2-18-62-54(30)53(29)61-17-1/h1-28,69,72H. The molecule has 15 aromatic rings. The summed E-state index contributed by atoms with van der Waals surface area (Å²) in [6.07, 6.45) is 14.7. The summed E-state index contributed by atoms with van der Waals surface area (Å²) < 4.78 is 0. The molecule has 8 bridgehead atoms. The smallest absolute Gasteiger partial charge is 0.0971 e. The Hall–Kier alpha value is -10.2. The maximum atomic E-state index is 5.70. The van der Waals surface area contributed by atoms with Gasteiger partial charge in [0.25, 0.3) is 0 Å². The lowest BCUT2D eigenvalue weighted by Gasteiger charge is -2.10. The number of benzene rings is 4.